The Kier molecular flexibility index (Phi) is 3.35. The normalized spacial score (nSPS) is 12.4. The number of rotatable bonds is 3. The molecule has 1 heterocycles. The Morgan fingerprint density at radius 2 is 1.88 bits per heavy atom. The molecule has 0 saturated carbocycles. The average Bonchev–Trinajstić information content (AvgIpc) is 2.32. The largest absolute Gasteiger partial charge is 0.508 e. The van der Waals surface area contributed by atoms with Gasteiger partial charge in [-0.2, -0.15) is 0 Å². The van der Waals surface area contributed by atoms with Crippen molar-refractivity contribution in [3.63, 3.8) is 0 Å². The first-order valence-corrected chi connectivity index (χ1v) is 5.22. The third kappa shape index (κ3) is 2.79. The summed E-state index contributed by atoms with van der Waals surface area (Å²) in [6.45, 7) is 0. The molecule has 0 aliphatic heterocycles. The van der Waals surface area contributed by atoms with Crippen LogP contribution in [0, 0.1) is 5.82 Å². The summed E-state index contributed by atoms with van der Waals surface area (Å²) in [5, 5.41) is 19.0. The fourth-order valence-corrected chi connectivity index (χ4v) is 1.62. The van der Waals surface area contributed by atoms with Gasteiger partial charge in [-0.1, -0.05) is 12.1 Å². The number of phenolic OH excluding ortho intramolecular Hbond substituents is 1. The maximum atomic E-state index is 13.3. The number of aromatic hydroxyl groups is 1. The fourth-order valence-electron chi connectivity index (χ4n) is 1.62. The molecule has 0 fully saturated rings. The van der Waals surface area contributed by atoms with E-state index in [1.807, 2.05) is 0 Å². The van der Waals surface area contributed by atoms with Gasteiger partial charge in [0.05, 0.1) is 12.3 Å². The van der Waals surface area contributed by atoms with Crippen LogP contribution in [0.2, 0.25) is 0 Å². The van der Waals surface area contributed by atoms with E-state index in [9.17, 15) is 9.50 Å². The van der Waals surface area contributed by atoms with Crippen molar-refractivity contribution in [2.24, 2.45) is 0 Å². The molecule has 0 radical (unpaired) electrons. The van der Waals surface area contributed by atoms with Crippen LogP contribution in [0.1, 0.15) is 17.2 Å². The highest BCUT2D eigenvalue weighted by Crippen LogP contribution is 2.21. The highest BCUT2D eigenvalue weighted by molar-refractivity contribution is 5.27. The molecule has 2 aromatic rings. The summed E-state index contributed by atoms with van der Waals surface area (Å²) in [5.41, 5.74) is 1.06. The van der Waals surface area contributed by atoms with E-state index < -0.39 is 11.9 Å². The predicted molar refractivity (Wildman–Crippen MR) is 61.0 cm³/mol. The molecule has 0 aliphatic carbocycles. The van der Waals surface area contributed by atoms with Crippen LogP contribution < -0.4 is 0 Å². The minimum atomic E-state index is -0.914. The molecule has 0 aliphatic rings. The van der Waals surface area contributed by atoms with Crippen LogP contribution in [0.5, 0.6) is 5.75 Å². The number of phenols is 1. The first-order valence-electron chi connectivity index (χ1n) is 5.22. The smallest absolute Gasteiger partial charge is 0.147 e. The van der Waals surface area contributed by atoms with Gasteiger partial charge in [0, 0.05) is 18.2 Å². The molecular formula is C13H12FNO2. The van der Waals surface area contributed by atoms with Gasteiger partial charge in [-0.3, -0.25) is 4.98 Å². The summed E-state index contributed by atoms with van der Waals surface area (Å²) >= 11 is 0. The molecule has 3 nitrogen and oxygen atoms in total. The van der Waals surface area contributed by atoms with Gasteiger partial charge in [0.15, 0.2) is 0 Å². The lowest BCUT2D eigenvalue weighted by Crippen LogP contribution is -2.04. The van der Waals surface area contributed by atoms with E-state index in [-0.39, 0.29) is 11.3 Å². The topological polar surface area (TPSA) is 53.4 Å². The molecule has 0 spiro atoms. The van der Waals surface area contributed by atoms with Crippen molar-refractivity contribution < 1.29 is 14.6 Å². The van der Waals surface area contributed by atoms with Crippen molar-refractivity contribution in [2.75, 3.05) is 0 Å². The first kappa shape index (κ1) is 11.5. The molecule has 0 bridgehead atoms. The number of aliphatic hydroxyl groups is 1. The molecule has 2 rings (SSSR count). The van der Waals surface area contributed by atoms with Crippen molar-refractivity contribution in [1.82, 2.24) is 4.98 Å². The lowest BCUT2D eigenvalue weighted by molar-refractivity contribution is 0.173. The van der Waals surface area contributed by atoms with Gasteiger partial charge in [-0.05, 0) is 23.8 Å². The lowest BCUT2D eigenvalue weighted by atomic mass is 10.0. The van der Waals surface area contributed by atoms with Crippen LogP contribution in [0.15, 0.2) is 42.7 Å². The Hall–Kier alpha value is -1.94. The Bertz CT molecular complexity index is 499. The fraction of sp³-hybridized carbons (Fsp3) is 0.154. The lowest BCUT2D eigenvalue weighted by Gasteiger charge is -2.11. The number of aliphatic hydroxyl groups excluding tert-OH is 1. The van der Waals surface area contributed by atoms with E-state index >= 15 is 0 Å². The van der Waals surface area contributed by atoms with E-state index in [0.29, 0.717) is 6.42 Å². The van der Waals surface area contributed by atoms with Gasteiger partial charge in [-0.15, -0.1) is 0 Å². The third-order valence-electron chi connectivity index (χ3n) is 2.53. The van der Waals surface area contributed by atoms with E-state index in [0.717, 1.165) is 11.8 Å². The molecule has 1 aromatic heterocycles. The molecule has 17 heavy (non-hydrogen) atoms. The number of halogens is 1. The summed E-state index contributed by atoms with van der Waals surface area (Å²) in [6, 6.07) is 7.91. The van der Waals surface area contributed by atoms with Crippen molar-refractivity contribution in [3.05, 3.63) is 59.7 Å². The Morgan fingerprint density at radius 3 is 2.53 bits per heavy atom. The quantitative estimate of drug-likeness (QED) is 0.854. The van der Waals surface area contributed by atoms with Crippen LogP contribution in [-0.4, -0.2) is 15.2 Å². The van der Waals surface area contributed by atoms with E-state index in [1.54, 1.807) is 12.1 Å². The molecule has 1 unspecified atom stereocenters. The number of hydrogen-bond acceptors (Lipinski definition) is 3. The third-order valence-corrected chi connectivity index (χ3v) is 2.53. The molecule has 4 heteroatoms. The monoisotopic (exact) mass is 233 g/mol. The summed E-state index contributed by atoms with van der Waals surface area (Å²) in [7, 11) is 0. The second kappa shape index (κ2) is 4.93. The molecular weight excluding hydrogens is 221 g/mol. The maximum Gasteiger partial charge on any atom is 0.147 e. The summed E-state index contributed by atoms with van der Waals surface area (Å²) in [6.07, 6.45) is 1.90. The number of aromatic nitrogens is 1. The number of benzene rings is 1. The zero-order chi connectivity index (χ0) is 12.3. The maximum absolute atomic E-state index is 13.3. The SMILES string of the molecule is Oc1ccc(CC(O)c2ccncc2F)cc1. The highest BCUT2D eigenvalue weighted by atomic mass is 19.1. The van der Waals surface area contributed by atoms with Crippen molar-refractivity contribution >= 4 is 0 Å². The van der Waals surface area contributed by atoms with Crippen LogP contribution >= 0.6 is 0 Å². The molecule has 1 atom stereocenters. The van der Waals surface area contributed by atoms with E-state index in [2.05, 4.69) is 4.98 Å². The van der Waals surface area contributed by atoms with E-state index in [4.69, 9.17) is 5.11 Å². The Labute approximate surface area is 98.2 Å². The molecule has 88 valence electrons. The zero-order valence-corrected chi connectivity index (χ0v) is 9.05. The second-order valence-corrected chi connectivity index (χ2v) is 3.78. The Balaban J connectivity index is 2.14. The van der Waals surface area contributed by atoms with Gasteiger partial charge >= 0.3 is 0 Å². The van der Waals surface area contributed by atoms with Crippen molar-refractivity contribution in [1.29, 1.82) is 0 Å². The Morgan fingerprint density at radius 1 is 1.18 bits per heavy atom. The number of hydrogen-bond donors (Lipinski definition) is 2. The summed E-state index contributed by atoms with van der Waals surface area (Å²) < 4.78 is 13.3. The van der Waals surface area contributed by atoms with Gasteiger partial charge < -0.3 is 10.2 Å². The standard InChI is InChI=1S/C13H12FNO2/c14-12-8-15-6-5-11(12)13(17)7-9-1-3-10(16)4-2-9/h1-6,8,13,16-17H,7H2. The minimum Gasteiger partial charge on any atom is -0.508 e. The predicted octanol–water partition coefficient (Wildman–Crippen LogP) is 2.20. The summed E-state index contributed by atoms with van der Waals surface area (Å²) in [5.74, 6) is -0.350. The van der Waals surface area contributed by atoms with Gasteiger partial charge in [0.25, 0.3) is 0 Å². The van der Waals surface area contributed by atoms with Gasteiger partial charge in [-0.25, -0.2) is 4.39 Å². The van der Waals surface area contributed by atoms with E-state index in [1.165, 1.54) is 24.4 Å². The highest BCUT2D eigenvalue weighted by Gasteiger charge is 2.13. The van der Waals surface area contributed by atoms with Crippen molar-refractivity contribution in [2.45, 2.75) is 12.5 Å². The summed E-state index contributed by atoms with van der Waals surface area (Å²) in [4.78, 5) is 3.63. The van der Waals surface area contributed by atoms with Crippen molar-refractivity contribution in [3.8, 4) is 5.75 Å². The van der Waals surface area contributed by atoms with Crippen LogP contribution in [0.3, 0.4) is 0 Å². The molecule has 0 saturated heterocycles. The molecule has 0 amide bonds. The van der Waals surface area contributed by atoms with Crippen LogP contribution in [0.25, 0.3) is 0 Å². The zero-order valence-electron chi connectivity index (χ0n) is 9.05. The molecule has 2 N–H and O–H groups in total. The van der Waals surface area contributed by atoms with Crippen LogP contribution in [0.4, 0.5) is 4.39 Å². The average molecular weight is 233 g/mol. The number of nitrogens with zero attached hydrogens (tertiary/aromatic N) is 1. The van der Waals surface area contributed by atoms with Gasteiger partial charge in [0.1, 0.15) is 11.6 Å². The van der Waals surface area contributed by atoms with Crippen LogP contribution in [-0.2, 0) is 6.42 Å². The number of pyridine rings is 1. The second-order valence-electron chi connectivity index (χ2n) is 3.78. The first-order chi connectivity index (χ1) is 8.16. The molecule has 1 aromatic carbocycles. The minimum absolute atomic E-state index is 0.165. The van der Waals surface area contributed by atoms with Gasteiger partial charge in [0.2, 0.25) is 0 Å².